The molecule has 7 nitrogen and oxygen atoms in total. The summed E-state index contributed by atoms with van der Waals surface area (Å²) in [6.45, 7) is 0. The summed E-state index contributed by atoms with van der Waals surface area (Å²) in [5.74, 6) is -2.12. The number of carboxylic acids is 1. The van der Waals surface area contributed by atoms with Gasteiger partial charge in [-0.1, -0.05) is 6.07 Å². The fourth-order valence-electron chi connectivity index (χ4n) is 4.38. The Morgan fingerprint density at radius 2 is 1.81 bits per heavy atom. The topological polar surface area (TPSA) is 91.3 Å². The van der Waals surface area contributed by atoms with E-state index in [1.165, 1.54) is 18.2 Å². The van der Waals surface area contributed by atoms with Gasteiger partial charge in [-0.2, -0.15) is 13.2 Å². The molecule has 2 N–H and O–H groups in total. The van der Waals surface area contributed by atoms with E-state index in [1.807, 2.05) is 18.3 Å². The molecule has 3 aromatic rings. The number of hydrogen-bond acceptors (Lipinski definition) is 5. The van der Waals surface area contributed by atoms with E-state index in [-0.39, 0.29) is 6.10 Å². The minimum Gasteiger partial charge on any atom is -0.475 e. The van der Waals surface area contributed by atoms with Gasteiger partial charge in [0.25, 0.3) is 0 Å². The summed E-state index contributed by atoms with van der Waals surface area (Å²) in [4.78, 5) is 14.6. The number of carbonyl (C=O) groups is 1. The quantitative estimate of drug-likeness (QED) is 0.622. The van der Waals surface area contributed by atoms with Crippen LogP contribution in [0.1, 0.15) is 25.7 Å². The van der Waals surface area contributed by atoms with Crippen LogP contribution in [0.5, 0.6) is 5.88 Å². The van der Waals surface area contributed by atoms with Crippen molar-refractivity contribution < 1.29 is 27.8 Å². The van der Waals surface area contributed by atoms with Gasteiger partial charge in [0.1, 0.15) is 6.10 Å². The molecule has 0 spiro atoms. The number of carboxylic acid groups (broad SMARTS) is 1. The van der Waals surface area contributed by atoms with Crippen molar-refractivity contribution in [2.45, 2.75) is 50.0 Å². The Morgan fingerprint density at radius 1 is 1.12 bits per heavy atom. The molecule has 5 rings (SSSR count). The van der Waals surface area contributed by atoms with Gasteiger partial charge in [0, 0.05) is 40.8 Å². The molecule has 2 unspecified atom stereocenters. The lowest BCUT2D eigenvalue weighted by atomic mass is 10.0. The molecule has 1 aromatic carbocycles. The minimum atomic E-state index is -5.08. The van der Waals surface area contributed by atoms with Crippen molar-refractivity contribution >= 4 is 16.9 Å². The molecule has 32 heavy (non-hydrogen) atoms. The molecule has 2 bridgehead atoms. The Labute approximate surface area is 182 Å². The Bertz CT molecular complexity index is 1070. The fourth-order valence-corrected chi connectivity index (χ4v) is 4.38. The zero-order chi connectivity index (χ0) is 22.9. The molecule has 2 aromatic heterocycles. The third-order valence-corrected chi connectivity index (χ3v) is 6.07. The van der Waals surface area contributed by atoms with Crippen molar-refractivity contribution in [3.63, 3.8) is 0 Å². The average Bonchev–Trinajstić information content (AvgIpc) is 3.28. The number of aromatic nitrogens is 3. The summed E-state index contributed by atoms with van der Waals surface area (Å²) in [5.41, 5.74) is 3.08. The molecule has 2 aliphatic heterocycles. The number of nitrogens with one attached hydrogen (secondary N) is 1. The van der Waals surface area contributed by atoms with Crippen molar-refractivity contribution in [1.29, 1.82) is 0 Å². The smallest absolute Gasteiger partial charge is 0.475 e. The van der Waals surface area contributed by atoms with Crippen molar-refractivity contribution in [1.82, 2.24) is 20.1 Å². The summed E-state index contributed by atoms with van der Waals surface area (Å²) in [6, 6.07) is 13.6. The average molecular weight is 448 g/mol. The monoisotopic (exact) mass is 448 g/mol. The number of fused-ring (bicyclic) bond motifs is 3. The highest BCUT2D eigenvalue weighted by molar-refractivity contribution is 5.84. The zero-order valence-electron chi connectivity index (χ0n) is 17.3. The van der Waals surface area contributed by atoms with Gasteiger partial charge in [-0.05, 0) is 57.0 Å². The van der Waals surface area contributed by atoms with Crippen molar-refractivity contribution in [3.8, 4) is 17.1 Å². The highest BCUT2D eigenvalue weighted by Gasteiger charge is 2.39. The van der Waals surface area contributed by atoms with Crippen LogP contribution in [0.3, 0.4) is 0 Å². The molecule has 0 radical (unpaired) electrons. The second-order valence-electron chi connectivity index (χ2n) is 8.10. The second kappa shape index (κ2) is 8.78. The van der Waals surface area contributed by atoms with Gasteiger partial charge in [-0.25, -0.2) is 4.79 Å². The number of ether oxygens (including phenoxy) is 1. The van der Waals surface area contributed by atoms with Crippen molar-refractivity contribution in [2.75, 3.05) is 7.05 Å². The van der Waals surface area contributed by atoms with Crippen LogP contribution in [0.25, 0.3) is 22.2 Å². The lowest BCUT2D eigenvalue weighted by Gasteiger charge is -2.35. The third-order valence-electron chi connectivity index (χ3n) is 6.07. The van der Waals surface area contributed by atoms with E-state index >= 15 is 0 Å². The Kier molecular flexibility index (Phi) is 6.05. The first kappa shape index (κ1) is 22.1. The summed E-state index contributed by atoms with van der Waals surface area (Å²) in [7, 11) is 2.24. The van der Waals surface area contributed by atoms with E-state index in [2.05, 4.69) is 51.4 Å². The number of aromatic amines is 1. The van der Waals surface area contributed by atoms with Crippen LogP contribution < -0.4 is 4.74 Å². The first-order valence-corrected chi connectivity index (χ1v) is 10.3. The predicted molar refractivity (Wildman–Crippen MR) is 111 cm³/mol. The van der Waals surface area contributed by atoms with Crippen LogP contribution in [0.2, 0.25) is 0 Å². The van der Waals surface area contributed by atoms with Crippen molar-refractivity contribution in [2.24, 2.45) is 0 Å². The summed E-state index contributed by atoms with van der Waals surface area (Å²) >= 11 is 0. The zero-order valence-corrected chi connectivity index (χ0v) is 17.3. The first-order chi connectivity index (χ1) is 15.2. The second-order valence-corrected chi connectivity index (χ2v) is 8.10. The van der Waals surface area contributed by atoms with Crippen LogP contribution in [0.15, 0.2) is 42.6 Å². The van der Waals surface area contributed by atoms with E-state index in [0.717, 1.165) is 29.6 Å². The summed E-state index contributed by atoms with van der Waals surface area (Å²) in [5, 5.41) is 17.0. The highest BCUT2D eigenvalue weighted by atomic mass is 19.4. The number of nitrogens with zero attached hydrogens (tertiary/aromatic N) is 3. The molecule has 2 aliphatic rings. The van der Waals surface area contributed by atoms with Crippen LogP contribution >= 0.6 is 0 Å². The molecular formula is C22H23F3N4O3. The molecule has 10 heteroatoms. The number of hydrogen-bond donors (Lipinski definition) is 2. The maximum absolute atomic E-state index is 10.6. The van der Waals surface area contributed by atoms with E-state index in [0.29, 0.717) is 18.0 Å². The van der Waals surface area contributed by atoms with E-state index in [4.69, 9.17) is 14.6 Å². The third kappa shape index (κ3) is 4.85. The number of benzene rings is 1. The van der Waals surface area contributed by atoms with E-state index in [1.54, 1.807) is 0 Å². The van der Waals surface area contributed by atoms with Crippen LogP contribution in [-0.2, 0) is 4.79 Å². The highest BCUT2D eigenvalue weighted by Crippen LogP contribution is 2.35. The summed E-state index contributed by atoms with van der Waals surface area (Å²) < 4.78 is 37.9. The maximum Gasteiger partial charge on any atom is 0.490 e. The Hall–Kier alpha value is -3.14. The lowest BCUT2D eigenvalue weighted by molar-refractivity contribution is -0.192. The first-order valence-electron chi connectivity index (χ1n) is 10.3. The largest absolute Gasteiger partial charge is 0.490 e. The summed E-state index contributed by atoms with van der Waals surface area (Å²) in [6.07, 6.45) is 1.93. The number of aliphatic carboxylic acids is 1. The number of piperidine rings is 1. The van der Waals surface area contributed by atoms with Crippen LogP contribution in [0.4, 0.5) is 13.2 Å². The number of H-pyrrole nitrogens is 1. The molecule has 0 amide bonds. The standard InChI is InChI=1S/C20H22N4O.C2HF3O2/c1-24-15-3-4-16(24)12-17(11-15)25-20-7-6-19(22-23-20)13-2-5-18-14(10-13)8-9-21-18;3-2(4,5)1(6)7/h2,5-10,15-17,21H,3-4,11-12H2,1H3;(H,6,7). The number of halogens is 3. The van der Waals surface area contributed by atoms with Gasteiger partial charge >= 0.3 is 12.1 Å². The van der Waals surface area contributed by atoms with E-state index < -0.39 is 12.1 Å². The predicted octanol–water partition coefficient (Wildman–Crippen LogP) is 4.26. The molecule has 170 valence electrons. The van der Waals surface area contributed by atoms with Gasteiger partial charge in [-0.15, -0.1) is 10.2 Å². The molecule has 2 saturated heterocycles. The molecule has 2 atom stereocenters. The molecule has 0 aliphatic carbocycles. The SMILES string of the molecule is CN1C2CCC1CC(Oc1ccc(-c3ccc4[nH]ccc4c3)nn1)C2.O=C(O)C(F)(F)F. The Balaban J connectivity index is 0.000000307. The molecular weight excluding hydrogens is 425 g/mol. The number of alkyl halides is 3. The lowest BCUT2D eigenvalue weighted by Crippen LogP contribution is -2.43. The normalized spacial score (nSPS) is 22.9. The van der Waals surface area contributed by atoms with E-state index in [9.17, 15) is 13.2 Å². The van der Waals surface area contributed by atoms with Crippen molar-refractivity contribution in [3.05, 3.63) is 42.6 Å². The van der Waals surface area contributed by atoms with Gasteiger partial charge < -0.3 is 19.7 Å². The minimum absolute atomic E-state index is 0.269. The fraction of sp³-hybridized carbons (Fsp3) is 0.409. The Morgan fingerprint density at radius 3 is 2.41 bits per heavy atom. The van der Waals surface area contributed by atoms with Crippen LogP contribution in [0, 0.1) is 0 Å². The van der Waals surface area contributed by atoms with Gasteiger partial charge in [0.2, 0.25) is 5.88 Å². The van der Waals surface area contributed by atoms with Crippen LogP contribution in [-0.4, -0.2) is 62.6 Å². The maximum atomic E-state index is 10.6. The molecule has 2 fully saturated rings. The van der Waals surface area contributed by atoms with Gasteiger partial charge in [0.05, 0.1) is 5.69 Å². The number of rotatable bonds is 3. The van der Waals surface area contributed by atoms with Gasteiger partial charge in [-0.3, -0.25) is 0 Å². The van der Waals surface area contributed by atoms with Gasteiger partial charge in [0.15, 0.2) is 0 Å². The molecule has 4 heterocycles. The molecule has 0 saturated carbocycles.